The maximum Gasteiger partial charge on any atom is 0.326 e. The van der Waals surface area contributed by atoms with Crippen molar-refractivity contribution < 1.29 is 9.18 Å². The van der Waals surface area contributed by atoms with E-state index in [0.717, 1.165) is 28.1 Å². The number of amides is 1. The summed E-state index contributed by atoms with van der Waals surface area (Å²) in [7, 11) is 0. The Kier molecular flexibility index (Phi) is 5.87. The second kappa shape index (κ2) is 9.35. The fourth-order valence-corrected chi connectivity index (χ4v) is 5.72. The zero-order chi connectivity index (χ0) is 25.5. The number of benzene rings is 2. The molecule has 6 rings (SSSR count). The van der Waals surface area contributed by atoms with E-state index < -0.39 is 5.92 Å². The number of fused-ring (bicyclic) bond motifs is 2. The molecule has 1 unspecified atom stereocenters. The lowest BCUT2D eigenvalue weighted by Gasteiger charge is -2.33. The number of aryl methyl sites for hydroxylation is 1. The molecule has 1 N–H and O–H groups in total. The van der Waals surface area contributed by atoms with E-state index in [1.54, 1.807) is 24.4 Å². The number of para-hydroxylation sites is 2. The lowest BCUT2D eigenvalue weighted by atomic mass is 9.91. The van der Waals surface area contributed by atoms with Crippen molar-refractivity contribution in [2.45, 2.75) is 38.1 Å². The lowest BCUT2D eigenvalue weighted by Crippen LogP contribution is -2.41. The molecule has 37 heavy (non-hydrogen) atoms. The van der Waals surface area contributed by atoms with Crippen molar-refractivity contribution in [3.05, 3.63) is 106 Å². The van der Waals surface area contributed by atoms with E-state index in [1.165, 1.54) is 6.07 Å². The molecule has 1 aliphatic heterocycles. The molecule has 8 heteroatoms. The van der Waals surface area contributed by atoms with Crippen LogP contribution in [0.2, 0.25) is 0 Å². The third kappa shape index (κ3) is 4.12. The number of carbonyl (C=O) groups excluding carboxylic acids is 1. The summed E-state index contributed by atoms with van der Waals surface area (Å²) >= 11 is 0. The minimum atomic E-state index is -0.473. The van der Waals surface area contributed by atoms with Crippen LogP contribution in [0.1, 0.15) is 48.2 Å². The van der Waals surface area contributed by atoms with E-state index in [4.69, 9.17) is 0 Å². The molecule has 4 heterocycles. The zero-order valence-electron chi connectivity index (χ0n) is 20.6. The highest BCUT2D eigenvalue weighted by molar-refractivity contribution is 5.78. The molecular weight excluding hydrogens is 469 g/mol. The van der Waals surface area contributed by atoms with Crippen molar-refractivity contribution in [3.8, 4) is 0 Å². The number of nitrogens with zero attached hydrogens (tertiary/aromatic N) is 4. The Morgan fingerprint density at radius 1 is 1.05 bits per heavy atom. The average Bonchev–Trinajstić information content (AvgIpc) is 3.49. The van der Waals surface area contributed by atoms with E-state index in [2.05, 4.69) is 9.97 Å². The monoisotopic (exact) mass is 497 g/mol. The molecular formula is C29H28FN5O2. The normalized spacial score (nSPS) is 15.5. The van der Waals surface area contributed by atoms with Gasteiger partial charge < -0.3 is 14.3 Å². The molecule has 0 bridgehead atoms. The molecule has 188 valence electrons. The standard InChI is InChI=1S/C29H28FN5O2/c1-19-7-6-12-27-31-18-26(34(19)27)22(21-8-2-3-9-23(21)30)17-28(36)33-15-13-20(14-16-33)35-25-11-5-4-10-24(25)32-29(35)37/h2-12,18,20,22H,13-17H2,1H3,(H,32,37). The van der Waals surface area contributed by atoms with Gasteiger partial charge >= 0.3 is 5.69 Å². The molecule has 1 amide bonds. The van der Waals surface area contributed by atoms with Crippen LogP contribution in [0.15, 0.2) is 77.7 Å². The number of halogens is 1. The summed E-state index contributed by atoms with van der Waals surface area (Å²) in [5.74, 6) is -0.832. The van der Waals surface area contributed by atoms with Gasteiger partial charge in [0.1, 0.15) is 11.5 Å². The van der Waals surface area contributed by atoms with Gasteiger partial charge in [0.05, 0.1) is 16.7 Å². The highest BCUT2D eigenvalue weighted by atomic mass is 19.1. The van der Waals surface area contributed by atoms with Crippen molar-refractivity contribution in [3.63, 3.8) is 0 Å². The molecule has 0 saturated carbocycles. The number of pyridine rings is 1. The number of likely N-dealkylation sites (tertiary alicyclic amines) is 1. The first-order chi connectivity index (χ1) is 18.0. The molecule has 0 radical (unpaired) electrons. The van der Waals surface area contributed by atoms with E-state index in [1.807, 2.05) is 63.3 Å². The number of H-pyrrole nitrogens is 1. The smallest absolute Gasteiger partial charge is 0.326 e. The summed E-state index contributed by atoms with van der Waals surface area (Å²) in [6.45, 7) is 3.08. The maximum atomic E-state index is 15.0. The van der Waals surface area contributed by atoms with E-state index in [-0.39, 0.29) is 29.9 Å². The summed E-state index contributed by atoms with van der Waals surface area (Å²) in [6.07, 6.45) is 3.27. The molecule has 0 spiro atoms. The Morgan fingerprint density at radius 2 is 1.81 bits per heavy atom. The predicted octanol–water partition coefficient (Wildman–Crippen LogP) is 4.81. The minimum absolute atomic E-state index is 0.0245. The van der Waals surface area contributed by atoms with Crippen molar-refractivity contribution in [1.29, 1.82) is 0 Å². The number of piperidine rings is 1. The minimum Gasteiger partial charge on any atom is -0.343 e. The summed E-state index contributed by atoms with van der Waals surface area (Å²) < 4.78 is 18.8. The Bertz CT molecular complexity index is 1660. The van der Waals surface area contributed by atoms with Crippen LogP contribution in [0.5, 0.6) is 0 Å². The van der Waals surface area contributed by atoms with Crippen LogP contribution in [0, 0.1) is 12.7 Å². The second-order valence-corrected chi connectivity index (χ2v) is 9.75. The quantitative estimate of drug-likeness (QED) is 0.379. The van der Waals surface area contributed by atoms with Crippen LogP contribution in [0.4, 0.5) is 4.39 Å². The van der Waals surface area contributed by atoms with Gasteiger partial charge in [0.25, 0.3) is 0 Å². The van der Waals surface area contributed by atoms with Crippen LogP contribution < -0.4 is 5.69 Å². The van der Waals surface area contributed by atoms with Crippen molar-refractivity contribution in [2.75, 3.05) is 13.1 Å². The SMILES string of the molecule is Cc1cccc2ncc(C(CC(=O)N3CCC(n4c(=O)[nH]c5ccccc54)CC3)c3ccccc3F)n12. The summed E-state index contributed by atoms with van der Waals surface area (Å²) in [5, 5.41) is 0. The number of nitrogens with one attached hydrogen (secondary N) is 1. The zero-order valence-corrected chi connectivity index (χ0v) is 20.6. The molecule has 5 aromatic rings. The second-order valence-electron chi connectivity index (χ2n) is 9.75. The van der Waals surface area contributed by atoms with Gasteiger partial charge in [-0.15, -0.1) is 0 Å². The molecule has 1 fully saturated rings. The number of carbonyl (C=O) groups is 1. The molecule has 1 atom stereocenters. The first-order valence-corrected chi connectivity index (χ1v) is 12.7. The van der Waals surface area contributed by atoms with E-state index in [0.29, 0.717) is 31.5 Å². The topological polar surface area (TPSA) is 75.4 Å². The summed E-state index contributed by atoms with van der Waals surface area (Å²) in [4.78, 5) is 35.5. The van der Waals surface area contributed by atoms with Crippen LogP contribution in [0.3, 0.4) is 0 Å². The van der Waals surface area contributed by atoms with Crippen LogP contribution in [-0.2, 0) is 4.79 Å². The van der Waals surface area contributed by atoms with Crippen LogP contribution in [-0.4, -0.2) is 42.8 Å². The van der Waals surface area contributed by atoms with Gasteiger partial charge in [-0.2, -0.15) is 0 Å². The Morgan fingerprint density at radius 3 is 2.62 bits per heavy atom. The van der Waals surface area contributed by atoms with Crippen molar-refractivity contribution >= 4 is 22.6 Å². The molecule has 0 aliphatic carbocycles. The highest BCUT2D eigenvalue weighted by Crippen LogP contribution is 2.33. The number of hydrogen-bond donors (Lipinski definition) is 1. The van der Waals surface area contributed by atoms with Gasteiger partial charge in [-0.25, -0.2) is 14.2 Å². The van der Waals surface area contributed by atoms with Crippen molar-refractivity contribution in [1.82, 2.24) is 23.8 Å². The van der Waals surface area contributed by atoms with E-state index in [9.17, 15) is 9.59 Å². The van der Waals surface area contributed by atoms with Crippen LogP contribution in [0.25, 0.3) is 16.7 Å². The number of imidazole rings is 2. The maximum absolute atomic E-state index is 15.0. The molecule has 7 nitrogen and oxygen atoms in total. The van der Waals surface area contributed by atoms with Gasteiger partial charge in [0.15, 0.2) is 0 Å². The number of aromatic nitrogens is 4. The molecule has 1 saturated heterocycles. The fraction of sp³-hybridized carbons (Fsp3) is 0.276. The highest BCUT2D eigenvalue weighted by Gasteiger charge is 2.30. The third-order valence-corrected chi connectivity index (χ3v) is 7.57. The lowest BCUT2D eigenvalue weighted by molar-refractivity contribution is -0.132. The summed E-state index contributed by atoms with van der Waals surface area (Å²) in [5.41, 5.74) is 4.63. The molecule has 2 aromatic carbocycles. The van der Waals surface area contributed by atoms with Gasteiger partial charge in [-0.1, -0.05) is 36.4 Å². The predicted molar refractivity (Wildman–Crippen MR) is 140 cm³/mol. The Labute approximate surface area is 213 Å². The Hall–Kier alpha value is -4.20. The number of aromatic amines is 1. The van der Waals surface area contributed by atoms with Crippen molar-refractivity contribution in [2.24, 2.45) is 0 Å². The third-order valence-electron chi connectivity index (χ3n) is 7.57. The summed E-state index contributed by atoms with van der Waals surface area (Å²) in [6, 6.07) is 20.2. The van der Waals surface area contributed by atoms with Gasteiger partial charge in [0.2, 0.25) is 5.91 Å². The molecule has 1 aliphatic rings. The largest absolute Gasteiger partial charge is 0.343 e. The molecule has 3 aromatic heterocycles. The fourth-order valence-electron chi connectivity index (χ4n) is 5.72. The number of hydrogen-bond acceptors (Lipinski definition) is 3. The van der Waals surface area contributed by atoms with E-state index >= 15 is 4.39 Å². The number of rotatable bonds is 5. The van der Waals surface area contributed by atoms with Crippen LogP contribution >= 0.6 is 0 Å². The first kappa shape index (κ1) is 23.2. The first-order valence-electron chi connectivity index (χ1n) is 12.7. The Balaban J connectivity index is 1.26. The van der Waals surface area contributed by atoms with Gasteiger partial charge in [0, 0.05) is 43.4 Å². The van der Waals surface area contributed by atoms with Gasteiger partial charge in [-0.3, -0.25) is 9.36 Å². The average molecular weight is 498 g/mol. The van der Waals surface area contributed by atoms with Gasteiger partial charge in [-0.05, 0) is 55.7 Å².